The molecule has 0 atom stereocenters. The van der Waals surface area contributed by atoms with E-state index in [1.165, 1.54) is 6.08 Å². The highest BCUT2D eigenvalue weighted by Crippen LogP contribution is 2.14. The van der Waals surface area contributed by atoms with E-state index < -0.39 is 0 Å². The number of aryl methyl sites for hydroxylation is 1. The lowest BCUT2D eigenvalue weighted by Crippen LogP contribution is -2.10. The number of aromatic amines is 1. The van der Waals surface area contributed by atoms with Crippen molar-refractivity contribution < 1.29 is 4.79 Å². The van der Waals surface area contributed by atoms with Crippen LogP contribution in [0.4, 0.5) is 0 Å². The molecule has 3 rings (SSSR count). The summed E-state index contributed by atoms with van der Waals surface area (Å²) in [4.78, 5) is 31.1. The van der Waals surface area contributed by atoms with E-state index >= 15 is 0 Å². The Hall–Kier alpha value is -2.53. The van der Waals surface area contributed by atoms with Crippen molar-refractivity contribution in [2.45, 2.75) is 6.92 Å². The zero-order chi connectivity index (χ0) is 16.4. The van der Waals surface area contributed by atoms with Crippen LogP contribution in [0.1, 0.15) is 21.7 Å². The molecule has 5 heteroatoms. The van der Waals surface area contributed by atoms with E-state index in [9.17, 15) is 9.59 Å². The number of carbonyl (C=O) groups is 1. The van der Waals surface area contributed by atoms with E-state index in [0.29, 0.717) is 22.3 Å². The minimum absolute atomic E-state index is 0.158. The minimum Gasteiger partial charge on any atom is -0.310 e. The van der Waals surface area contributed by atoms with Crippen molar-refractivity contribution in [3.8, 4) is 0 Å². The summed E-state index contributed by atoms with van der Waals surface area (Å²) in [6, 6.07) is 12.6. The van der Waals surface area contributed by atoms with E-state index in [1.54, 1.807) is 31.2 Å². The molecule has 0 bridgehead atoms. The van der Waals surface area contributed by atoms with Crippen LogP contribution in [0.5, 0.6) is 0 Å². The average Bonchev–Trinajstić information content (AvgIpc) is 2.53. The van der Waals surface area contributed by atoms with Gasteiger partial charge in [0.1, 0.15) is 5.82 Å². The van der Waals surface area contributed by atoms with Crippen molar-refractivity contribution in [1.82, 2.24) is 9.97 Å². The van der Waals surface area contributed by atoms with Gasteiger partial charge in [0.05, 0.1) is 10.9 Å². The van der Waals surface area contributed by atoms with E-state index in [1.807, 2.05) is 24.3 Å². The summed E-state index contributed by atoms with van der Waals surface area (Å²) in [5.41, 5.74) is 1.73. The first-order valence-electron chi connectivity index (χ1n) is 7.01. The molecule has 0 aliphatic heterocycles. The Bertz CT molecular complexity index is 972. The number of hydrogen-bond donors (Lipinski definition) is 1. The molecule has 0 saturated carbocycles. The zero-order valence-corrected chi connectivity index (χ0v) is 13.9. The molecule has 23 heavy (non-hydrogen) atoms. The van der Waals surface area contributed by atoms with E-state index in [-0.39, 0.29) is 11.3 Å². The fraction of sp³-hybridized carbons (Fsp3) is 0.0556. The smallest absolute Gasteiger partial charge is 0.258 e. The quantitative estimate of drug-likeness (QED) is 0.563. The molecule has 0 spiro atoms. The lowest BCUT2D eigenvalue weighted by molar-refractivity contribution is 0.104. The number of carbonyl (C=O) groups excluding carboxylic acids is 1. The molecular weight excluding hydrogens is 356 g/mol. The van der Waals surface area contributed by atoms with Crippen LogP contribution in [0.3, 0.4) is 0 Å². The Balaban J connectivity index is 1.92. The van der Waals surface area contributed by atoms with Crippen molar-refractivity contribution in [2.75, 3.05) is 0 Å². The number of nitrogens with zero attached hydrogens (tertiary/aromatic N) is 1. The van der Waals surface area contributed by atoms with Gasteiger partial charge in [-0.25, -0.2) is 4.98 Å². The number of fused-ring (bicyclic) bond motifs is 1. The Morgan fingerprint density at radius 1 is 1.17 bits per heavy atom. The molecule has 0 saturated heterocycles. The van der Waals surface area contributed by atoms with Crippen LogP contribution >= 0.6 is 15.9 Å². The maximum absolute atomic E-state index is 12.3. The molecule has 1 aromatic heterocycles. The number of allylic oxidation sites excluding steroid dienone is 1. The van der Waals surface area contributed by atoms with E-state index in [4.69, 9.17) is 0 Å². The molecule has 1 N–H and O–H groups in total. The molecule has 4 nitrogen and oxygen atoms in total. The van der Waals surface area contributed by atoms with Crippen LogP contribution in [-0.4, -0.2) is 15.8 Å². The van der Waals surface area contributed by atoms with Gasteiger partial charge in [-0.2, -0.15) is 0 Å². The van der Waals surface area contributed by atoms with Gasteiger partial charge in [-0.1, -0.05) is 34.1 Å². The molecular formula is C18H13BrN2O2. The SMILES string of the molecule is Cc1nc2ccc(C(=O)/C=C/c3ccc(Br)cc3)cc2c(=O)[nH]1. The summed E-state index contributed by atoms with van der Waals surface area (Å²) in [6.07, 6.45) is 3.25. The fourth-order valence-electron chi connectivity index (χ4n) is 2.25. The Morgan fingerprint density at radius 2 is 1.91 bits per heavy atom. The van der Waals surface area contributed by atoms with Gasteiger partial charge in [0.25, 0.3) is 5.56 Å². The number of H-pyrrole nitrogens is 1. The molecule has 114 valence electrons. The second-order valence-electron chi connectivity index (χ2n) is 5.13. The van der Waals surface area contributed by atoms with Gasteiger partial charge in [-0.15, -0.1) is 0 Å². The predicted molar refractivity (Wildman–Crippen MR) is 94.6 cm³/mol. The molecule has 2 aromatic carbocycles. The number of nitrogens with one attached hydrogen (secondary N) is 1. The van der Waals surface area contributed by atoms with Crippen LogP contribution in [0.15, 0.2) is 57.8 Å². The molecule has 3 aromatic rings. The molecule has 0 unspecified atom stereocenters. The Kier molecular flexibility index (Phi) is 4.21. The standard InChI is InChI=1S/C18H13BrN2O2/c1-11-20-16-8-5-13(10-15(16)18(23)21-11)17(22)9-4-12-2-6-14(19)7-3-12/h2-10H,1H3,(H,20,21,23)/b9-4+. The van der Waals surface area contributed by atoms with Crippen LogP contribution < -0.4 is 5.56 Å². The van der Waals surface area contributed by atoms with E-state index in [2.05, 4.69) is 25.9 Å². The Labute approximate surface area is 141 Å². The molecule has 0 aliphatic rings. The third-order valence-corrected chi connectivity index (χ3v) is 3.93. The first kappa shape index (κ1) is 15.4. The zero-order valence-electron chi connectivity index (χ0n) is 12.3. The average molecular weight is 369 g/mol. The Morgan fingerprint density at radius 3 is 2.65 bits per heavy atom. The van der Waals surface area contributed by atoms with Gasteiger partial charge in [-0.05, 0) is 48.9 Å². The number of halogens is 1. The largest absolute Gasteiger partial charge is 0.310 e. The second-order valence-corrected chi connectivity index (χ2v) is 6.05. The second kappa shape index (κ2) is 6.30. The lowest BCUT2D eigenvalue weighted by Gasteiger charge is -2.01. The summed E-state index contributed by atoms with van der Waals surface area (Å²) >= 11 is 3.37. The highest BCUT2D eigenvalue weighted by Gasteiger charge is 2.07. The van der Waals surface area contributed by atoms with Crippen molar-refractivity contribution in [3.63, 3.8) is 0 Å². The minimum atomic E-state index is -0.237. The third-order valence-electron chi connectivity index (χ3n) is 3.41. The number of benzene rings is 2. The summed E-state index contributed by atoms with van der Waals surface area (Å²) in [5.74, 6) is 0.395. The highest BCUT2D eigenvalue weighted by atomic mass is 79.9. The van der Waals surface area contributed by atoms with Gasteiger partial charge >= 0.3 is 0 Å². The van der Waals surface area contributed by atoms with Gasteiger partial charge in [-0.3, -0.25) is 9.59 Å². The highest BCUT2D eigenvalue weighted by molar-refractivity contribution is 9.10. The number of ketones is 1. The maximum Gasteiger partial charge on any atom is 0.258 e. The van der Waals surface area contributed by atoms with Crippen LogP contribution in [0.2, 0.25) is 0 Å². The van der Waals surface area contributed by atoms with Gasteiger partial charge in [0, 0.05) is 10.0 Å². The van der Waals surface area contributed by atoms with Crippen molar-refractivity contribution in [1.29, 1.82) is 0 Å². The normalized spacial score (nSPS) is 11.2. The van der Waals surface area contributed by atoms with Crippen molar-refractivity contribution in [3.05, 3.63) is 80.3 Å². The molecule has 0 amide bonds. The monoisotopic (exact) mass is 368 g/mol. The van der Waals surface area contributed by atoms with E-state index in [0.717, 1.165) is 10.0 Å². The molecule has 0 radical (unpaired) electrons. The fourth-order valence-corrected chi connectivity index (χ4v) is 2.52. The van der Waals surface area contributed by atoms with Crippen molar-refractivity contribution >= 4 is 38.7 Å². The number of hydrogen-bond acceptors (Lipinski definition) is 3. The lowest BCUT2D eigenvalue weighted by atomic mass is 10.1. The summed E-state index contributed by atoms with van der Waals surface area (Å²) in [5, 5.41) is 0.415. The van der Waals surface area contributed by atoms with Gasteiger partial charge in [0.15, 0.2) is 5.78 Å². The maximum atomic E-state index is 12.3. The number of aromatic nitrogens is 2. The van der Waals surface area contributed by atoms with Crippen LogP contribution in [0, 0.1) is 6.92 Å². The molecule has 0 aliphatic carbocycles. The first-order chi connectivity index (χ1) is 11.0. The summed E-state index contributed by atoms with van der Waals surface area (Å²) < 4.78 is 0.984. The third kappa shape index (κ3) is 3.46. The number of rotatable bonds is 3. The molecule has 1 heterocycles. The molecule has 0 fully saturated rings. The first-order valence-corrected chi connectivity index (χ1v) is 7.81. The summed E-state index contributed by atoms with van der Waals surface area (Å²) in [7, 11) is 0. The van der Waals surface area contributed by atoms with Gasteiger partial charge < -0.3 is 4.98 Å². The van der Waals surface area contributed by atoms with Crippen molar-refractivity contribution in [2.24, 2.45) is 0 Å². The summed E-state index contributed by atoms with van der Waals surface area (Å²) in [6.45, 7) is 1.72. The van der Waals surface area contributed by atoms with Crippen LogP contribution in [-0.2, 0) is 0 Å². The van der Waals surface area contributed by atoms with Gasteiger partial charge in [0.2, 0.25) is 0 Å². The predicted octanol–water partition coefficient (Wildman–Crippen LogP) is 3.89. The topological polar surface area (TPSA) is 62.8 Å². The van der Waals surface area contributed by atoms with Crippen LogP contribution in [0.25, 0.3) is 17.0 Å².